The first-order valence-corrected chi connectivity index (χ1v) is 6.98. The molecule has 0 unspecified atom stereocenters. The zero-order valence-corrected chi connectivity index (χ0v) is 12.5. The van der Waals surface area contributed by atoms with E-state index in [0.717, 1.165) is 16.5 Å². The van der Waals surface area contributed by atoms with Crippen molar-refractivity contribution in [2.75, 3.05) is 14.2 Å². The molecule has 0 radical (unpaired) electrons. The van der Waals surface area contributed by atoms with Crippen molar-refractivity contribution in [1.29, 1.82) is 0 Å². The highest BCUT2D eigenvalue weighted by Gasteiger charge is 2.15. The van der Waals surface area contributed by atoms with Gasteiger partial charge in [-0.2, -0.15) is 0 Å². The molecule has 0 fully saturated rings. The number of hydrogen-bond donors (Lipinski definition) is 0. The first-order valence-electron chi connectivity index (χ1n) is 6.98. The second-order valence-corrected chi connectivity index (χ2v) is 4.96. The summed E-state index contributed by atoms with van der Waals surface area (Å²) < 4.78 is 10.6. The summed E-state index contributed by atoms with van der Waals surface area (Å²) in [6, 6.07) is 18.7. The molecule has 0 heterocycles. The van der Waals surface area contributed by atoms with E-state index in [-0.39, 0.29) is 5.78 Å². The summed E-state index contributed by atoms with van der Waals surface area (Å²) in [5, 5.41) is 1.95. The molecule has 3 nitrogen and oxygen atoms in total. The Balaban J connectivity index is 2.15. The third-order valence-corrected chi connectivity index (χ3v) is 3.65. The standard InChI is InChI=1S/C19H16O3/c1-21-16-9-8-14-11-17(18(22-2)12-15(14)10-16)19(20)13-6-4-3-5-7-13/h3-12H,1-2H3. The van der Waals surface area contributed by atoms with Gasteiger partial charge in [0, 0.05) is 5.56 Å². The number of carbonyl (C=O) groups excluding carboxylic acids is 1. The lowest BCUT2D eigenvalue weighted by Gasteiger charge is -2.11. The Morgan fingerprint density at radius 2 is 1.59 bits per heavy atom. The van der Waals surface area contributed by atoms with E-state index < -0.39 is 0 Å². The Morgan fingerprint density at radius 1 is 0.818 bits per heavy atom. The molecule has 3 aromatic rings. The van der Waals surface area contributed by atoms with Crippen LogP contribution < -0.4 is 9.47 Å². The molecule has 0 N–H and O–H groups in total. The van der Waals surface area contributed by atoms with Gasteiger partial charge < -0.3 is 9.47 Å². The molecular formula is C19H16O3. The van der Waals surface area contributed by atoms with Crippen LogP contribution in [0.1, 0.15) is 15.9 Å². The topological polar surface area (TPSA) is 35.5 Å². The molecule has 0 aliphatic heterocycles. The number of ketones is 1. The first-order chi connectivity index (χ1) is 10.7. The summed E-state index contributed by atoms with van der Waals surface area (Å²) in [4.78, 5) is 12.7. The minimum atomic E-state index is -0.0461. The maximum atomic E-state index is 12.7. The van der Waals surface area contributed by atoms with Gasteiger partial charge in [-0.1, -0.05) is 36.4 Å². The first kappa shape index (κ1) is 14.1. The Labute approximate surface area is 129 Å². The number of hydrogen-bond acceptors (Lipinski definition) is 3. The van der Waals surface area contributed by atoms with Crippen molar-refractivity contribution in [1.82, 2.24) is 0 Å². The molecule has 22 heavy (non-hydrogen) atoms. The highest BCUT2D eigenvalue weighted by Crippen LogP contribution is 2.30. The van der Waals surface area contributed by atoms with E-state index in [4.69, 9.17) is 9.47 Å². The summed E-state index contributed by atoms with van der Waals surface area (Å²) in [6.45, 7) is 0. The van der Waals surface area contributed by atoms with E-state index in [1.54, 1.807) is 26.4 Å². The Hall–Kier alpha value is -2.81. The van der Waals surface area contributed by atoms with Crippen LogP contribution >= 0.6 is 0 Å². The molecule has 3 aromatic carbocycles. The second-order valence-electron chi connectivity index (χ2n) is 4.96. The Kier molecular flexibility index (Phi) is 3.79. The predicted octanol–water partition coefficient (Wildman–Crippen LogP) is 4.09. The second kappa shape index (κ2) is 5.90. The van der Waals surface area contributed by atoms with Crippen LogP contribution in [0.3, 0.4) is 0 Å². The van der Waals surface area contributed by atoms with Crippen LogP contribution in [-0.2, 0) is 0 Å². The largest absolute Gasteiger partial charge is 0.497 e. The zero-order valence-electron chi connectivity index (χ0n) is 12.5. The van der Waals surface area contributed by atoms with Gasteiger partial charge in [-0.05, 0) is 35.0 Å². The van der Waals surface area contributed by atoms with Crippen LogP contribution in [0.5, 0.6) is 11.5 Å². The fourth-order valence-electron chi connectivity index (χ4n) is 2.47. The van der Waals surface area contributed by atoms with E-state index >= 15 is 0 Å². The van der Waals surface area contributed by atoms with Gasteiger partial charge in [-0.25, -0.2) is 0 Å². The number of benzene rings is 3. The SMILES string of the molecule is COc1ccc2cc(C(=O)c3ccccc3)c(OC)cc2c1. The molecule has 0 aliphatic carbocycles. The van der Waals surface area contributed by atoms with E-state index in [0.29, 0.717) is 16.9 Å². The lowest BCUT2D eigenvalue weighted by Crippen LogP contribution is -2.04. The smallest absolute Gasteiger partial charge is 0.196 e. The average Bonchev–Trinajstić information content (AvgIpc) is 2.60. The lowest BCUT2D eigenvalue weighted by molar-refractivity contribution is 0.103. The molecule has 0 aliphatic rings. The summed E-state index contributed by atoms with van der Waals surface area (Å²) in [6.07, 6.45) is 0. The van der Waals surface area contributed by atoms with E-state index in [9.17, 15) is 4.79 Å². The van der Waals surface area contributed by atoms with Gasteiger partial charge in [0.05, 0.1) is 19.8 Å². The summed E-state index contributed by atoms with van der Waals surface area (Å²) in [5.41, 5.74) is 1.21. The molecular weight excluding hydrogens is 276 g/mol. The highest BCUT2D eigenvalue weighted by molar-refractivity contribution is 6.12. The third kappa shape index (κ3) is 2.53. The van der Waals surface area contributed by atoms with Gasteiger partial charge in [0.1, 0.15) is 11.5 Å². The van der Waals surface area contributed by atoms with Crippen LogP contribution in [0.25, 0.3) is 10.8 Å². The molecule has 0 spiro atoms. The molecule has 0 bridgehead atoms. The number of fused-ring (bicyclic) bond motifs is 1. The van der Waals surface area contributed by atoms with Crippen LogP contribution in [0.2, 0.25) is 0 Å². The van der Waals surface area contributed by atoms with Crippen LogP contribution in [0, 0.1) is 0 Å². The molecule has 0 amide bonds. The predicted molar refractivity (Wildman–Crippen MR) is 86.9 cm³/mol. The number of carbonyl (C=O) groups is 1. The third-order valence-electron chi connectivity index (χ3n) is 3.65. The van der Waals surface area contributed by atoms with Crippen molar-refractivity contribution >= 4 is 16.6 Å². The fourth-order valence-corrected chi connectivity index (χ4v) is 2.47. The van der Waals surface area contributed by atoms with Gasteiger partial charge in [-0.3, -0.25) is 4.79 Å². The van der Waals surface area contributed by atoms with E-state index in [2.05, 4.69) is 0 Å². The van der Waals surface area contributed by atoms with Crippen molar-refractivity contribution in [2.45, 2.75) is 0 Å². The van der Waals surface area contributed by atoms with Crippen molar-refractivity contribution in [3.8, 4) is 11.5 Å². The number of methoxy groups -OCH3 is 2. The Bertz CT molecular complexity index is 823. The summed E-state index contributed by atoms with van der Waals surface area (Å²) in [7, 11) is 3.20. The molecule has 3 rings (SSSR count). The maximum Gasteiger partial charge on any atom is 0.196 e. The van der Waals surface area contributed by atoms with Gasteiger partial charge >= 0.3 is 0 Å². The molecule has 0 saturated carbocycles. The average molecular weight is 292 g/mol. The molecule has 3 heteroatoms. The van der Waals surface area contributed by atoms with Crippen molar-refractivity contribution in [2.24, 2.45) is 0 Å². The lowest BCUT2D eigenvalue weighted by atomic mass is 9.98. The van der Waals surface area contributed by atoms with Crippen LogP contribution in [-0.4, -0.2) is 20.0 Å². The molecule has 0 saturated heterocycles. The number of ether oxygens (including phenoxy) is 2. The van der Waals surface area contributed by atoms with Crippen molar-refractivity contribution in [3.05, 3.63) is 71.8 Å². The van der Waals surface area contributed by atoms with E-state index in [1.807, 2.05) is 48.5 Å². The summed E-state index contributed by atoms with van der Waals surface area (Å²) >= 11 is 0. The molecule has 0 aromatic heterocycles. The Morgan fingerprint density at radius 3 is 2.27 bits per heavy atom. The van der Waals surface area contributed by atoms with Crippen LogP contribution in [0.4, 0.5) is 0 Å². The zero-order chi connectivity index (χ0) is 15.5. The molecule has 0 atom stereocenters. The monoisotopic (exact) mass is 292 g/mol. The van der Waals surface area contributed by atoms with Crippen LogP contribution in [0.15, 0.2) is 60.7 Å². The van der Waals surface area contributed by atoms with E-state index in [1.165, 1.54) is 0 Å². The van der Waals surface area contributed by atoms with Crippen molar-refractivity contribution in [3.63, 3.8) is 0 Å². The van der Waals surface area contributed by atoms with Crippen molar-refractivity contribution < 1.29 is 14.3 Å². The number of rotatable bonds is 4. The fraction of sp³-hybridized carbons (Fsp3) is 0.105. The normalized spacial score (nSPS) is 10.5. The van der Waals surface area contributed by atoms with Gasteiger partial charge in [0.15, 0.2) is 5.78 Å². The minimum Gasteiger partial charge on any atom is -0.497 e. The van der Waals surface area contributed by atoms with Gasteiger partial charge in [0.2, 0.25) is 0 Å². The highest BCUT2D eigenvalue weighted by atomic mass is 16.5. The van der Waals surface area contributed by atoms with Gasteiger partial charge in [0.25, 0.3) is 0 Å². The molecule has 110 valence electrons. The van der Waals surface area contributed by atoms with Gasteiger partial charge in [-0.15, -0.1) is 0 Å². The maximum absolute atomic E-state index is 12.7. The quantitative estimate of drug-likeness (QED) is 0.679. The minimum absolute atomic E-state index is 0.0461. The summed E-state index contributed by atoms with van der Waals surface area (Å²) in [5.74, 6) is 1.29.